The van der Waals surface area contributed by atoms with Crippen LogP contribution in [0.1, 0.15) is 40.5 Å². The molecule has 3 rings (SSSR count). The van der Waals surface area contributed by atoms with Gasteiger partial charge in [-0.2, -0.15) is 0 Å². The molecule has 4 amide bonds. The van der Waals surface area contributed by atoms with Gasteiger partial charge in [0.1, 0.15) is 18.1 Å². The van der Waals surface area contributed by atoms with Gasteiger partial charge in [-0.3, -0.25) is 14.5 Å². The first kappa shape index (κ1) is 22.6. The van der Waals surface area contributed by atoms with E-state index in [0.717, 1.165) is 0 Å². The summed E-state index contributed by atoms with van der Waals surface area (Å²) >= 11 is 0. The van der Waals surface area contributed by atoms with Crippen LogP contribution in [0.15, 0.2) is 24.3 Å². The number of likely N-dealkylation sites (tertiary alicyclic amines) is 1. The van der Waals surface area contributed by atoms with Crippen molar-refractivity contribution < 1.29 is 24.3 Å². The van der Waals surface area contributed by atoms with Crippen molar-refractivity contribution in [2.24, 2.45) is 11.8 Å². The molecule has 1 aromatic rings. The number of carbonyl (C=O) groups excluding carboxylic acids is 3. The zero-order valence-electron chi connectivity index (χ0n) is 18.3. The average molecular weight is 431 g/mol. The Kier molecular flexibility index (Phi) is 6.52. The number of nitrogens with zero attached hydrogens (tertiary/aromatic N) is 2. The molecular formula is C22H30N4O5. The molecule has 9 nitrogen and oxygen atoms in total. The summed E-state index contributed by atoms with van der Waals surface area (Å²) < 4.78 is 0. The summed E-state index contributed by atoms with van der Waals surface area (Å²) in [5.74, 6) is -2.17. The van der Waals surface area contributed by atoms with Crippen LogP contribution in [0.3, 0.4) is 0 Å². The van der Waals surface area contributed by atoms with Gasteiger partial charge in [0.25, 0.3) is 0 Å². The second-order valence-electron chi connectivity index (χ2n) is 8.76. The summed E-state index contributed by atoms with van der Waals surface area (Å²) in [4.78, 5) is 53.6. The molecule has 9 heteroatoms. The third kappa shape index (κ3) is 4.35. The average Bonchev–Trinajstić information content (AvgIpc) is 3.20. The SMILES string of the molecule is CC(C)[C@@H](NC(=O)N1c2ccccc2NC(=O)[C@H]1C(C)C)C(=O)N1CCC[C@@H]1C(=O)O. The Bertz CT molecular complexity index is 884. The highest BCUT2D eigenvalue weighted by atomic mass is 16.4. The van der Waals surface area contributed by atoms with Crippen molar-refractivity contribution >= 4 is 35.2 Å². The van der Waals surface area contributed by atoms with E-state index in [-0.39, 0.29) is 17.7 Å². The number of nitrogens with one attached hydrogen (secondary N) is 2. The van der Waals surface area contributed by atoms with Gasteiger partial charge >= 0.3 is 12.0 Å². The molecule has 0 bridgehead atoms. The number of hydrogen-bond donors (Lipinski definition) is 3. The number of carbonyl (C=O) groups is 4. The van der Waals surface area contributed by atoms with Gasteiger partial charge in [0, 0.05) is 6.54 Å². The number of amides is 4. The number of anilines is 2. The standard InChI is InChI=1S/C22H30N4O5/c1-12(2)17(20(28)25-11-7-10-16(25)21(29)30)24-22(31)26-15-9-6-5-8-14(15)23-19(27)18(26)13(3)4/h5-6,8-9,12-13,16-18H,7,10-11H2,1-4H3,(H,23,27)(H,24,31)(H,29,30)/t16-,17-,18-/m1/s1. The molecule has 2 aliphatic heterocycles. The zero-order valence-corrected chi connectivity index (χ0v) is 18.3. The molecule has 31 heavy (non-hydrogen) atoms. The van der Waals surface area contributed by atoms with E-state index in [1.54, 1.807) is 38.1 Å². The minimum atomic E-state index is -1.04. The van der Waals surface area contributed by atoms with Gasteiger partial charge in [0.05, 0.1) is 11.4 Å². The second kappa shape index (κ2) is 8.95. The monoisotopic (exact) mass is 430 g/mol. The van der Waals surface area contributed by atoms with E-state index in [2.05, 4.69) is 10.6 Å². The first-order valence-corrected chi connectivity index (χ1v) is 10.7. The Morgan fingerprint density at radius 3 is 2.45 bits per heavy atom. The smallest absolute Gasteiger partial charge is 0.326 e. The normalized spacial score (nSPS) is 21.7. The summed E-state index contributed by atoms with van der Waals surface area (Å²) in [5, 5.41) is 15.1. The fourth-order valence-electron chi connectivity index (χ4n) is 4.28. The molecular weight excluding hydrogens is 400 g/mol. The maximum Gasteiger partial charge on any atom is 0.326 e. The third-order valence-corrected chi connectivity index (χ3v) is 5.85. The van der Waals surface area contributed by atoms with E-state index < -0.39 is 36.0 Å². The molecule has 0 saturated carbocycles. The fourth-order valence-corrected chi connectivity index (χ4v) is 4.28. The van der Waals surface area contributed by atoms with Gasteiger partial charge in [-0.25, -0.2) is 9.59 Å². The van der Waals surface area contributed by atoms with Crippen LogP contribution in [0, 0.1) is 11.8 Å². The summed E-state index contributed by atoms with van der Waals surface area (Å²) in [5.41, 5.74) is 1.08. The lowest BCUT2D eigenvalue weighted by Crippen LogP contribution is -2.61. The van der Waals surface area contributed by atoms with Crippen LogP contribution in [0.5, 0.6) is 0 Å². The van der Waals surface area contributed by atoms with Gasteiger partial charge in [-0.1, -0.05) is 39.8 Å². The van der Waals surface area contributed by atoms with Crippen LogP contribution in [0.4, 0.5) is 16.2 Å². The van der Waals surface area contributed by atoms with Gasteiger partial charge < -0.3 is 20.6 Å². The molecule has 2 heterocycles. The molecule has 3 atom stereocenters. The van der Waals surface area contributed by atoms with Crippen LogP contribution in [0.2, 0.25) is 0 Å². The maximum atomic E-state index is 13.4. The summed E-state index contributed by atoms with van der Waals surface area (Å²) in [6.45, 7) is 7.64. The number of fused-ring (bicyclic) bond motifs is 1. The van der Waals surface area contributed by atoms with Gasteiger partial charge in [0.2, 0.25) is 11.8 Å². The molecule has 0 spiro atoms. The minimum absolute atomic E-state index is 0.165. The lowest BCUT2D eigenvalue weighted by molar-refractivity contribution is -0.149. The highest BCUT2D eigenvalue weighted by Gasteiger charge is 2.42. The van der Waals surface area contributed by atoms with E-state index in [0.29, 0.717) is 30.8 Å². The number of benzene rings is 1. The molecule has 0 aromatic heterocycles. The number of para-hydroxylation sites is 2. The minimum Gasteiger partial charge on any atom is -0.480 e. The first-order valence-electron chi connectivity index (χ1n) is 10.7. The van der Waals surface area contributed by atoms with E-state index in [1.165, 1.54) is 9.80 Å². The van der Waals surface area contributed by atoms with Crippen molar-refractivity contribution in [3.05, 3.63) is 24.3 Å². The van der Waals surface area contributed by atoms with Crippen LogP contribution in [0.25, 0.3) is 0 Å². The molecule has 0 unspecified atom stereocenters. The van der Waals surface area contributed by atoms with Crippen LogP contribution in [-0.2, 0) is 14.4 Å². The van der Waals surface area contributed by atoms with Gasteiger partial charge in [0.15, 0.2) is 0 Å². The van der Waals surface area contributed by atoms with E-state index in [1.807, 2.05) is 13.8 Å². The quantitative estimate of drug-likeness (QED) is 0.662. The molecule has 0 aliphatic carbocycles. The molecule has 1 fully saturated rings. The molecule has 1 saturated heterocycles. The van der Waals surface area contributed by atoms with Crippen LogP contribution < -0.4 is 15.5 Å². The third-order valence-electron chi connectivity index (χ3n) is 5.85. The van der Waals surface area contributed by atoms with Gasteiger partial charge in [-0.05, 0) is 36.8 Å². The van der Waals surface area contributed by atoms with Crippen molar-refractivity contribution in [3.63, 3.8) is 0 Å². The Balaban J connectivity index is 1.90. The topological polar surface area (TPSA) is 119 Å². The van der Waals surface area contributed by atoms with Crippen molar-refractivity contribution in [1.29, 1.82) is 0 Å². The lowest BCUT2D eigenvalue weighted by atomic mass is 9.97. The van der Waals surface area contributed by atoms with Crippen molar-refractivity contribution in [2.75, 3.05) is 16.8 Å². The van der Waals surface area contributed by atoms with Gasteiger partial charge in [-0.15, -0.1) is 0 Å². The Labute approximate surface area is 181 Å². The van der Waals surface area contributed by atoms with E-state index in [4.69, 9.17) is 0 Å². The molecule has 168 valence electrons. The zero-order chi connectivity index (χ0) is 22.9. The Morgan fingerprint density at radius 1 is 1.16 bits per heavy atom. The van der Waals surface area contributed by atoms with Crippen molar-refractivity contribution in [2.45, 2.75) is 58.7 Å². The largest absolute Gasteiger partial charge is 0.480 e. The van der Waals surface area contributed by atoms with Crippen LogP contribution >= 0.6 is 0 Å². The maximum absolute atomic E-state index is 13.4. The van der Waals surface area contributed by atoms with Crippen LogP contribution in [-0.4, -0.2) is 58.5 Å². The van der Waals surface area contributed by atoms with E-state index in [9.17, 15) is 24.3 Å². The first-order chi connectivity index (χ1) is 14.6. The molecule has 2 aliphatic rings. The molecule has 3 N–H and O–H groups in total. The number of rotatable bonds is 5. The predicted molar refractivity (Wildman–Crippen MR) is 116 cm³/mol. The summed E-state index contributed by atoms with van der Waals surface area (Å²) in [7, 11) is 0. The highest BCUT2D eigenvalue weighted by Crippen LogP contribution is 2.34. The number of hydrogen-bond acceptors (Lipinski definition) is 4. The second-order valence-corrected chi connectivity index (χ2v) is 8.76. The fraction of sp³-hybridized carbons (Fsp3) is 0.545. The van der Waals surface area contributed by atoms with E-state index >= 15 is 0 Å². The number of carboxylic acids is 1. The predicted octanol–water partition coefficient (Wildman–Crippen LogP) is 2.28. The lowest BCUT2D eigenvalue weighted by Gasteiger charge is -2.39. The summed E-state index contributed by atoms with van der Waals surface area (Å²) in [6.07, 6.45) is 1.01. The molecule has 1 aromatic carbocycles. The van der Waals surface area contributed by atoms with Crippen molar-refractivity contribution in [1.82, 2.24) is 10.2 Å². The number of carboxylic acid groups (broad SMARTS) is 1. The number of aliphatic carboxylic acids is 1. The van der Waals surface area contributed by atoms with Crippen molar-refractivity contribution in [3.8, 4) is 0 Å². The molecule has 0 radical (unpaired) electrons. The Morgan fingerprint density at radius 2 is 1.84 bits per heavy atom. The summed E-state index contributed by atoms with van der Waals surface area (Å²) in [6, 6.07) is 3.93. The Hall–Kier alpha value is -3.10. The number of urea groups is 1. The highest BCUT2D eigenvalue weighted by molar-refractivity contribution is 6.12.